The third-order valence-electron chi connectivity index (χ3n) is 2.62. The molecule has 1 aromatic rings. The second-order valence-corrected chi connectivity index (χ2v) is 4.46. The second-order valence-electron chi connectivity index (χ2n) is 4.46. The van der Waals surface area contributed by atoms with Crippen molar-refractivity contribution in [1.29, 1.82) is 0 Å². The van der Waals surface area contributed by atoms with E-state index in [0.29, 0.717) is 12.2 Å². The van der Waals surface area contributed by atoms with Gasteiger partial charge in [0.15, 0.2) is 0 Å². The number of carbonyl (C=O) groups is 1. The molecule has 3 heteroatoms. The zero-order valence-electron chi connectivity index (χ0n) is 10.9. The Morgan fingerprint density at radius 1 is 1.18 bits per heavy atom. The summed E-state index contributed by atoms with van der Waals surface area (Å²) in [4.78, 5) is 11.8. The van der Waals surface area contributed by atoms with E-state index in [1.165, 1.54) is 0 Å². The van der Waals surface area contributed by atoms with Gasteiger partial charge in [-0.1, -0.05) is 6.92 Å². The van der Waals surface area contributed by atoms with Crippen LogP contribution in [-0.2, 0) is 4.74 Å². The quantitative estimate of drug-likeness (QED) is 0.735. The monoisotopic (exact) mass is 236 g/mol. The maximum Gasteiger partial charge on any atom is 0.338 e. The Morgan fingerprint density at radius 3 is 2.24 bits per heavy atom. The largest absolute Gasteiger partial charge is 0.494 e. The normalized spacial score (nSPS) is 11.1. The molecule has 0 aliphatic carbocycles. The van der Waals surface area contributed by atoms with Crippen molar-refractivity contribution in [3.8, 4) is 5.75 Å². The third-order valence-corrected chi connectivity index (χ3v) is 2.62. The van der Waals surface area contributed by atoms with Crippen molar-refractivity contribution in [3.63, 3.8) is 0 Å². The minimum absolute atomic E-state index is 0.292. The molecule has 0 aromatic heterocycles. The van der Waals surface area contributed by atoms with Gasteiger partial charge in [0, 0.05) is 0 Å². The van der Waals surface area contributed by atoms with E-state index in [0.717, 1.165) is 12.2 Å². The predicted molar refractivity (Wildman–Crippen MR) is 67.4 cm³/mol. The molecule has 3 nitrogen and oxygen atoms in total. The van der Waals surface area contributed by atoms with Gasteiger partial charge in [-0.25, -0.2) is 4.79 Å². The van der Waals surface area contributed by atoms with Crippen LogP contribution in [0, 0.1) is 0 Å². The van der Waals surface area contributed by atoms with Crippen LogP contribution < -0.4 is 4.74 Å². The summed E-state index contributed by atoms with van der Waals surface area (Å²) in [5.74, 6) is 0.471. The molecule has 0 fully saturated rings. The van der Waals surface area contributed by atoms with Crippen LogP contribution in [0.3, 0.4) is 0 Å². The van der Waals surface area contributed by atoms with Crippen LogP contribution in [0.5, 0.6) is 5.75 Å². The van der Waals surface area contributed by atoms with Gasteiger partial charge in [0.2, 0.25) is 0 Å². The standard InChI is InChI=1S/C14H20O3/c1-5-14(3,4)17-13(15)11-7-9-12(10-8-11)16-6-2/h7-10H,5-6H2,1-4H3. The number of carbonyl (C=O) groups excluding carboxylic acids is 1. The van der Waals surface area contributed by atoms with Gasteiger partial charge < -0.3 is 9.47 Å². The van der Waals surface area contributed by atoms with Gasteiger partial charge in [-0.15, -0.1) is 0 Å². The molecule has 0 heterocycles. The Kier molecular flexibility index (Phi) is 4.55. The summed E-state index contributed by atoms with van der Waals surface area (Å²) in [5.41, 5.74) is 0.130. The zero-order chi connectivity index (χ0) is 12.9. The fourth-order valence-corrected chi connectivity index (χ4v) is 1.24. The predicted octanol–water partition coefficient (Wildman–Crippen LogP) is 3.43. The smallest absolute Gasteiger partial charge is 0.338 e. The highest BCUT2D eigenvalue weighted by Crippen LogP contribution is 2.18. The highest BCUT2D eigenvalue weighted by molar-refractivity contribution is 5.89. The third kappa shape index (κ3) is 4.10. The van der Waals surface area contributed by atoms with E-state index in [1.54, 1.807) is 24.3 Å². The molecule has 0 unspecified atom stereocenters. The molecule has 94 valence electrons. The topological polar surface area (TPSA) is 35.5 Å². The number of benzene rings is 1. The van der Waals surface area contributed by atoms with Crippen LogP contribution in [0.25, 0.3) is 0 Å². The van der Waals surface area contributed by atoms with E-state index in [2.05, 4.69) is 0 Å². The summed E-state index contributed by atoms with van der Waals surface area (Å²) in [5, 5.41) is 0. The Balaban J connectivity index is 2.70. The summed E-state index contributed by atoms with van der Waals surface area (Å²) in [7, 11) is 0. The second kappa shape index (κ2) is 5.71. The van der Waals surface area contributed by atoms with Crippen molar-refractivity contribution >= 4 is 5.97 Å². The summed E-state index contributed by atoms with van der Waals surface area (Å²) in [6.45, 7) is 8.34. The molecule has 1 aromatic carbocycles. The molecule has 0 aliphatic heterocycles. The minimum Gasteiger partial charge on any atom is -0.494 e. The van der Waals surface area contributed by atoms with E-state index >= 15 is 0 Å². The van der Waals surface area contributed by atoms with Crippen LogP contribution >= 0.6 is 0 Å². The lowest BCUT2D eigenvalue weighted by atomic mass is 10.1. The molecule has 0 spiro atoms. The number of rotatable bonds is 5. The first-order chi connectivity index (χ1) is 7.98. The molecule has 0 aliphatic rings. The van der Waals surface area contributed by atoms with Crippen LogP contribution in [-0.4, -0.2) is 18.2 Å². The lowest BCUT2D eigenvalue weighted by molar-refractivity contribution is -0.00243. The number of hydrogen-bond acceptors (Lipinski definition) is 3. The molecule has 0 atom stereocenters. The van der Waals surface area contributed by atoms with E-state index in [4.69, 9.17) is 9.47 Å². The fraction of sp³-hybridized carbons (Fsp3) is 0.500. The van der Waals surface area contributed by atoms with Gasteiger partial charge in [-0.2, -0.15) is 0 Å². The van der Waals surface area contributed by atoms with Crippen LogP contribution in [0.2, 0.25) is 0 Å². The van der Waals surface area contributed by atoms with Crippen molar-refractivity contribution in [2.75, 3.05) is 6.61 Å². The Bertz CT molecular complexity index is 366. The van der Waals surface area contributed by atoms with E-state index in [9.17, 15) is 4.79 Å². The highest BCUT2D eigenvalue weighted by Gasteiger charge is 2.21. The maximum absolute atomic E-state index is 11.8. The lowest BCUT2D eigenvalue weighted by Gasteiger charge is -2.23. The first-order valence-corrected chi connectivity index (χ1v) is 5.94. The first-order valence-electron chi connectivity index (χ1n) is 5.94. The molecule has 0 bridgehead atoms. The van der Waals surface area contributed by atoms with Crippen molar-refractivity contribution in [2.45, 2.75) is 39.7 Å². The fourth-order valence-electron chi connectivity index (χ4n) is 1.24. The minimum atomic E-state index is -0.421. The molecule has 0 saturated heterocycles. The van der Waals surface area contributed by atoms with Crippen molar-refractivity contribution in [1.82, 2.24) is 0 Å². The zero-order valence-corrected chi connectivity index (χ0v) is 10.9. The van der Waals surface area contributed by atoms with Crippen molar-refractivity contribution in [3.05, 3.63) is 29.8 Å². The molecular formula is C14H20O3. The van der Waals surface area contributed by atoms with E-state index < -0.39 is 5.60 Å². The van der Waals surface area contributed by atoms with Crippen molar-refractivity contribution in [2.24, 2.45) is 0 Å². The Morgan fingerprint density at radius 2 is 1.76 bits per heavy atom. The lowest BCUT2D eigenvalue weighted by Crippen LogP contribution is -2.26. The molecule has 0 radical (unpaired) electrons. The molecule has 0 amide bonds. The van der Waals surface area contributed by atoms with Crippen molar-refractivity contribution < 1.29 is 14.3 Å². The summed E-state index contributed by atoms with van der Waals surface area (Å²) < 4.78 is 10.7. The van der Waals surface area contributed by atoms with Gasteiger partial charge >= 0.3 is 5.97 Å². The molecule has 17 heavy (non-hydrogen) atoms. The van der Waals surface area contributed by atoms with Crippen LogP contribution in [0.15, 0.2) is 24.3 Å². The Labute approximate surface area is 103 Å². The number of hydrogen-bond donors (Lipinski definition) is 0. The summed E-state index contributed by atoms with van der Waals surface area (Å²) >= 11 is 0. The Hall–Kier alpha value is -1.51. The van der Waals surface area contributed by atoms with Gasteiger partial charge in [-0.05, 0) is 51.5 Å². The highest BCUT2D eigenvalue weighted by atomic mass is 16.6. The number of ether oxygens (including phenoxy) is 2. The molecule has 0 N–H and O–H groups in total. The van der Waals surface area contributed by atoms with Gasteiger partial charge in [0.05, 0.1) is 12.2 Å². The first kappa shape index (κ1) is 13.6. The van der Waals surface area contributed by atoms with Gasteiger partial charge in [0.1, 0.15) is 11.4 Å². The molecular weight excluding hydrogens is 216 g/mol. The summed E-state index contributed by atoms with van der Waals surface area (Å²) in [6, 6.07) is 7.00. The number of esters is 1. The SMILES string of the molecule is CCOc1ccc(C(=O)OC(C)(C)CC)cc1. The van der Waals surface area contributed by atoms with Crippen LogP contribution in [0.1, 0.15) is 44.5 Å². The molecule has 1 rings (SSSR count). The molecule has 0 saturated carbocycles. The van der Waals surface area contributed by atoms with E-state index in [1.807, 2.05) is 27.7 Å². The average Bonchev–Trinajstić information content (AvgIpc) is 2.30. The van der Waals surface area contributed by atoms with Crippen LogP contribution in [0.4, 0.5) is 0 Å². The maximum atomic E-state index is 11.8. The van der Waals surface area contributed by atoms with Gasteiger partial charge in [-0.3, -0.25) is 0 Å². The average molecular weight is 236 g/mol. The van der Waals surface area contributed by atoms with E-state index in [-0.39, 0.29) is 5.97 Å². The summed E-state index contributed by atoms with van der Waals surface area (Å²) in [6.07, 6.45) is 0.787. The van der Waals surface area contributed by atoms with Gasteiger partial charge in [0.25, 0.3) is 0 Å².